The Kier molecular flexibility index (Phi) is 1.29. The highest BCUT2D eigenvalue weighted by atomic mass is 16.5. The lowest BCUT2D eigenvalue weighted by Gasteiger charge is -2.13. The van der Waals surface area contributed by atoms with Crippen LogP contribution in [0.25, 0.3) is 0 Å². The van der Waals surface area contributed by atoms with Gasteiger partial charge >= 0.3 is 11.9 Å². The van der Waals surface area contributed by atoms with Crippen LogP contribution in [0.1, 0.15) is 6.42 Å². The average molecular weight is 193 g/mol. The van der Waals surface area contributed by atoms with E-state index in [4.69, 9.17) is 9.47 Å². The summed E-state index contributed by atoms with van der Waals surface area (Å²) in [7, 11) is 0. The summed E-state index contributed by atoms with van der Waals surface area (Å²) in [6.07, 6.45) is 0.343. The largest absolute Gasteiger partial charge is 0.456 e. The Morgan fingerprint density at radius 1 is 0.929 bits per heavy atom. The Morgan fingerprint density at radius 3 is 1.93 bits per heavy atom. The van der Waals surface area contributed by atoms with Crippen LogP contribution >= 0.6 is 0 Å². The number of carbonyl (C=O) groups is 2. The third kappa shape index (κ3) is 0.837. The molecule has 0 aromatic heterocycles. The highest BCUT2D eigenvalue weighted by Crippen LogP contribution is 2.31. The van der Waals surface area contributed by atoms with Crippen LogP contribution in [0.4, 0.5) is 0 Å². The van der Waals surface area contributed by atoms with Crippen molar-refractivity contribution in [3.8, 4) is 0 Å². The first kappa shape index (κ1) is 7.61. The minimum Gasteiger partial charge on any atom is -0.456 e. The van der Waals surface area contributed by atoms with Gasteiger partial charge < -0.3 is 14.8 Å². The number of dihydropyridines is 1. The van der Waals surface area contributed by atoms with Crippen molar-refractivity contribution < 1.29 is 19.1 Å². The van der Waals surface area contributed by atoms with Crippen LogP contribution in [0.15, 0.2) is 22.5 Å². The molecular weight excluding hydrogens is 186 g/mol. The first-order valence-corrected chi connectivity index (χ1v) is 4.31. The second-order valence-corrected chi connectivity index (χ2v) is 3.37. The Hall–Kier alpha value is -1.78. The van der Waals surface area contributed by atoms with Crippen LogP contribution in [-0.2, 0) is 19.1 Å². The molecule has 72 valence electrons. The van der Waals surface area contributed by atoms with E-state index in [1.165, 1.54) is 0 Å². The van der Waals surface area contributed by atoms with Gasteiger partial charge in [0.05, 0.1) is 22.5 Å². The van der Waals surface area contributed by atoms with Crippen LogP contribution in [0.3, 0.4) is 0 Å². The fourth-order valence-electron chi connectivity index (χ4n) is 1.81. The third-order valence-corrected chi connectivity index (χ3v) is 2.57. The van der Waals surface area contributed by atoms with Gasteiger partial charge in [0.2, 0.25) is 0 Å². The minimum atomic E-state index is -0.334. The van der Waals surface area contributed by atoms with Crippen LogP contribution in [-0.4, -0.2) is 25.2 Å². The van der Waals surface area contributed by atoms with Crippen LogP contribution in [0, 0.1) is 0 Å². The van der Waals surface area contributed by atoms with Crippen molar-refractivity contribution in [1.29, 1.82) is 0 Å². The van der Waals surface area contributed by atoms with E-state index in [1.54, 1.807) is 0 Å². The summed E-state index contributed by atoms with van der Waals surface area (Å²) >= 11 is 0. The van der Waals surface area contributed by atoms with Gasteiger partial charge in [0, 0.05) is 6.42 Å². The molecule has 5 nitrogen and oxygen atoms in total. The van der Waals surface area contributed by atoms with E-state index in [-0.39, 0.29) is 25.2 Å². The molecule has 0 unspecified atom stereocenters. The lowest BCUT2D eigenvalue weighted by atomic mass is 10.0. The van der Waals surface area contributed by atoms with E-state index in [9.17, 15) is 9.59 Å². The summed E-state index contributed by atoms with van der Waals surface area (Å²) in [5.74, 6) is -0.669. The van der Waals surface area contributed by atoms with Crippen molar-refractivity contribution in [2.24, 2.45) is 0 Å². The monoisotopic (exact) mass is 193 g/mol. The molecule has 0 aromatic rings. The Morgan fingerprint density at radius 2 is 1.43 bits per heavy atom. The lowest BCUT2D eigenvalue weighted by molar-refractivity contribution is -0.136. The molecular formula is C9H7NO4. The van der Waals surface area contributed by atoms with Gasteiger partial charge in [0.1, 0.15) is 13.2 Å². The predicted octanol–water partition coefficient (Wildman–Crippen LogP) is -0.399. The molecule has 0 aliphatic carbocycles. The van der Waals surface area contributed by atoms with Gasteiger partial charge in [-0.2, -0.15) is 0 Å². The first-order chi connectivity index (χ1) is 6.75. The van der Waals surface area contributed by atoms with Crippen molar-refractivity contribution in [2.45, 2.75) is 6.42 Å². The number of hydrogen-bond acceptors (Lipinski definition) is 5. The number of nitrogens with one attached hydrogen (secondary N) is 1. The van der Waals surface area contributed by atoms with Crippen molar-refractivity contribution in [3.63, 3.8) is 0 Å². The van der Waals surface area contributed by atoms with Gasteiger partial charge in [0.15, 0.2) is 0 Å². The summed E-state index contributed by atoms with van der Waals surface area (Å²) in [5, 5.41) is 3.01. The smallest absolute Gasteiger partial charge is 0.336 e. The average Bonchev–Trinajstić information content (AvgIpc) is 2.71. The second kappa shape index (κ2) is 2.37. The summed E-state index contributed by atoms with van der Waals surface area (Å²) < 4.78 is 9.69. The number of hydrogen-bond donors (Lipinski definition) is 1. The van der Waals surface area contributed by atoms with Crippen molar-refractivity contribution in [2.75, 3.05) is 13.2 Å². The molecule has 0 bridgehead atoms. The number of ether oxygens (including phenoxy) is 2. The molecule has 0 amide bonds. The van der Waals surface area contributed by atoms with Gasteiger partial charge in [-0.05, 0) is 0 Å². The zero-order valence-corrected chi connectivity index (χ0v) is 7.25. The molecule has 3 rings (SSSR count). The van der Waals surface area contributed by atoms with E-state index in [1.807, 2.05) is 0 Å². The fraction of sp³-hybridized carbons (Fsp3) is 0.333. The van der Waals surface area contributed by atoms with Crippen molar-refractivity contribution >= 4 is 11.9 Å². The van der Waals surface area contributed by atoms with E-state index in [0.717, 1.165) is 11.4 Å². The number of rotatable bonds is 0. The van der Waals surface area contributed by atoms with E-state index in [2.05, 4.69) is 5.32 Å². The maximum absolute atomic E-state index is 11.2. The van der Waals surface area contributed by atoms with Gasteiger partial charge in [-0.1, -0.05) is 0 Å². The molecule has 0 saturated carbocycles. The van der Waals surface area contributed by atoms with E-state index >= 15 is 0 Å². The van der Waals surface area contributed by atoms with Crippen LogP contribution in [0.2, 0.25) is 0 Å². The third-order valence-electron chi connectivity index (χ3n) is 2.57. The zero-order chi connectivity index (χ0) is 9.71. The summed E-state index contributed by atoms with van der Waals surface area (Å²) in [6, 6.07) is 0. The molecule has 0 spiro atoms. The second-order valence-electron chi connectivity index (χ2n) is 3.37. The molecule has 0 atom stereocenters. The summed E-state index contributed by atoms with van der Waals surface area (Å²) in [5.41, 5.74) is 2.66. The summed E-state index contributed by atoms with van der Waals surface area (Å²) in [4.78, 5) is 22.4. The highest BCUT2D eigenvalue weighted by Gasteiger charge is 2.36. The number of cyclic esters (lactones) is 2. The van der Waals surface area contributed by atoms with Gasteiger partial charge in [-0.3, -0.25) is 0 Å². The molecule has 14 heavy (non-hydrogen) atoms. The Bertz CT molecular complexity index is 381. The first-order valence-electron chi connectivity index (χ1n) is 4.31. The maximum Gasteiger partial charge on any atom is 0.336 e. The highest BCUT2D eigenvalue weighted by molar-refractivity contribution is 5.99. The zero-order valence-electron chi connectivity index (χ0n) is 7.25. The molecule has 3 aliphatic heterocycles. The maximum atomic E-state index is 11.2. The SMILES string of the molecule is O=C1OCC2=C1CC1=C(COC1=O)N2. The quantitative estimate of drug-likeness (QED) is 0.530. The van der Waals surface area contributed by atoms with Gasteiger partial charge in [-0.25, -0.2) is 9.59 Å². The molecule has 0 fully saturated rings. The molecule has 3 heterocycles. The molecule has 0 saturated heterocycles. The fourth-order valence-corrected chi connectivity index (χ4v) is 1.81. The Balaban J connectivity index is 1.98. The molecule has 1 N–H and O–H groups in total. The van der Waals surface area contributed by atoms with E-state index < -0.39 is 0 Å². The molecule has 0 radical (unpaired) electrons. The van der Waals surface area contributed by atoms with Gasteiger partial charge in [0.25, 0.3) is 0 Å². The predicted molar refractivity (Wildman–Crippen MR) is 43.7 cm³/mol. The minimum absolute atomic E-state index is 0.277. The topological polar surface area (TPSA) is 64.6 Å². The standard InChI is InChI=1S/C9H7NO4/c11-8-4-1-5-7(3-14-9(5)12)10-6(4)2-13-8/h10H,1-3H2. The normalized spacial score (nSPS) is 24.3. The van der Waals surface area contributed by atoms with Gasteiger partial charge in [-0.15, -0.1) is 0 Å². The van der Waals surface area contributed by atoms with Crippen LogP contribution in [0.5, 0.6) is 0 Å². The number of carbonyl (C=O) groups excluding carboxylic acids is 2. The molecule has 3 aliphatic rings. The molecule has 5 heteroatoms. The lowest BCUT2D eigenvalue weighted by Crippen LogP contribution is -2.21. The van der Waals surface area contributed by atoms with E-state index in [0.29, 0.717) is 17.6 Å². The number of esters is 2. The van der Waals surface area contributed by atoms with Crippen molar-refractivity contribution in [3.05, 3.63) is 22.5 Å². The van der Waals surface area contributed by atoms with Crippen LogP contribution < -0.4 is 5.32 Å². The summed E-state index contributed by atoms with van der Waals surface area (Å²) in [6.45, 7) is 0.554. The Labute approximate surface area is 79.4 Å². The van der Waals surface area contributed by atoms with Crippen molar-refractivity contribution in [1.82, 2.24) is 5.32 Å². The molecule has 0 aromatic carbocycles.